The maximum atomic E-state index is 12.0. The first-order valence-electron chi connectivity index (χ1n) is 7.14. The molecule has 0 spiro atoms. The minimum absolute atomic E-state index is 0. The van der Waals surface area contributed by atoms with Crippen LogP contribution in [-0.2, 0) is 11.3 Å². The number of nitrogens with one attached hydrogen (secondary N) is 2. The van der Waals surface area contributed by atoms with E-state index in [2.05, 4.69) is 26.0 Å². The second kappa shape index (κ2) is 7.86. The molecular formula is C14H19ClN6O. The minimum Gasteiger partial charge on any atom is -0.352 e. The summed E-state index contributed by atoms with van der Waals surface area (Å²) >= 11 is 0. The number of benzene rings is 1. The van der Waals surface area contributed by atoms with E-state index in [1.165, 1.54) is 4.80 Å². The van der Waals surface area contributed by atoms with Gasteiger partial charge in [-0.25, -0.2) is 0 Å². The van der Waals surface area contributed by atoms with Crippen LogP contribution in [0.4, 0.5) is 0 Å². The fourth-order valence-corrected chi connectivity index (χ4v) is 2.38. The van der Waals surface area contributed by atoms with E-state index in [0.29, 0.717) is 5.82 Å². The van der Waals surface area contributed by atoms with Crippen LogP contribution >= 0.6 is 12.4 Å². The zero-order valence-electron chi connectivity index (χ0n) is 12.1. The molecule has 2 N–H and O–H groups in total. The van der Waals surface area contributed by atoms with Crippen molar-refractivity contribution in [2.24, 2.45) is 0 Å². The average Bonchev–Trinajstić information content (AvgIpc) is 2.97. The molecule has 118 valence electrons. The topological polar surface area (TPSA) is 84.7 Å². The molecule has 1 aliphatic heterocycles. The number of tetrazole rings is 1. The molecule has 0 saturated carbocycles. The number of halogens is 1. The quantitative estimate of drug-likeness (QED) is 0.862. The van der Waals surface area contributed by atoms with Gasteiger partial charge in [0.15, 0.2) is 0 Å². The molecule has 0 aliphatic carbocycles. The van der Waals surface area contributed by atoms with Crippen LogP contribution in [0.1, 0.15) is 12.8 Å². The Morgan fingerprint density at radius 2 is 2.00 bits per heavy atom. The summed E-state index contributed by atoms with van der Waals surface area (Å²) in [6, 6.07) is 9.84. The summed E-state index contributed by atoms with van der Waals surface area (Å²) in [6.45, 7) is 2.00. The molecule has 0 bridgehead atoms. The monoisotopic (exact) mass is 322 g/mol. The zero-order valence-corrected chi connectivity index (χ0v) is 12.9. The van der Waals surface area contributed by atoms with Crippen molar-refractivity contribution >= 4 is 18.3 Å². The van der Waals surface area contributed by atoms with Crippen LogP contribution in [0, 0.1) is 0 Å². The molecule has 0 unspecified atom stereocenters. The van der Waals surface area contributed by atoms with Crippen molar-refractivity contribution in [1.82, 2.24) is 30.8 Å². The first kappa shape index (κ1) is 16.4. The van der Waals surface area contributed by atoms with Gasteiger partial charge in [0.05, 0.1) is 0 Å². The Morgan fingerprint density at radius 3 is 2.73 bits per heavy atom. The van der Waals surface area contributed by atoms with Crippen molar-refractivity contribution in [2.75, 3.05) is 13.1 Å². The molecular weight excluding hydrogens is 304 g/mol. The van der Waals surface area contributed by atoms with E-state index in [4.69, 9.17) is 0 Å². The summed E-state index contributed by atoms with van der Waals surface area (Å²) in [4.78, 5) is 13.3. The highest BCUT2D eigenvalue weighted by molar-refractivity contribution is 5.85. The molecule has 22 heavy (non-hydrogen) atoms. The summed E-state index contributed by atoms with van der Waals surface area (Å²) in [7, 11) is 0. The zero-order chi connectivity index (χ0) is 14.5. The van der Waals surface area contributed by atoms with Gasteiger partial charge >= 0.3 is 0 Å². The fourth-order valence-electron chi connectivity index (χ4n) is 2.38. The van der Waals surface area contributed by atoms with Gasteiger partial charge in [-0.1, -0.05) is 30.3 Å². The van der Waals surface area contributed by atoms with Crippen LogP contribution in [0.5, 0.6) is 0 Å². The lowest BCUT2D eigenvalue weighted by atomic mass is 10.1. The van der Waals surface area contributed by atoms with Gasteiger partial charge in [-0.3, -0.25) is 4.79 Å². The number of hydrogen-bond donors (Lipinski definition) is 2. The molecule has 1 aromatic carbocycles. The maximum Gasteiger partial charge on any atom is 0.243 e. The van der Waals surface area contributed by atoms with E-state index in [1.54, 1.807) is 0 Å². The first-order chi connectivity index (χ1) is 10.3. The fraction of sp³-hybridized carbons (Fsp3) is 0.429. The normalized spacial score (nSPS) is 15.1. The number of nitrogens with zero attached hydrogens (tertiary/aromatic N) is 4. The van der Waals surface area contributed by atoms with E-state index in [1.807, 2.05) is 30.3 Å². The third kappa shape index (κ3) is 4.25. The van der Waals surface area contributed by atoms with Crippen LogP contribution < -0.4 is 10.6 Å². The molecule has 0 atom stereocenters. The van der Waals surface area contributed by atoms with Crippen LogP contribution in [0.2, 0.25) is 0 Å². The molecule has 2 heterocycles. The van der Waals surface area contributed by atoms with E-state index in [-0.39, 0.29) is 30.9 Å². The van der Waals surface area contributed by atoms with Crippen molar-refractivity contribution in [3.8, 4) is 11.4 Å². The Labute approximate surface area is 134 Å². The molecule has 7 nitrogen and oxygen atoms in total. The van der Waals surface area contributed by atoms with Gasteiger partial charge in [0.25, 0.3) is 0 Å². The Bertz CT molecular complexity index is 596. The number of carbonyl (C=O) groups is 1. The smallest absolute Gasteiger partial charge is 0.243 e. The molecule has 1 saturated heterocycles. The van der Waals surface area contributed by atoms with Gasteiger partial charge in [-0.15, -0.1) is 22.6 Å². The molecule has 1 fully saturated rings. The highest BCUT2D eigenvalue weighted by Crippen LogP contribution is 2.11. The van der Waals surface area contributed by atoms with Gasteiger partial charge in [0.1, 0.15) is 6.54 Å². The molecule has 8 heteroatoms. The lowest BCUT2D eigenvalue weighted by Gasteiger charge is -2.23. The highest BCUT2D eigenvalue weighted by Gasteiger charge is 2.16. The predicted octanol–water partition coefficient (Wildman–Crippen LogP) is 0.630. The summed E-state index contributed by atoms with van der Waals surface area (Å²) in [5.41, 5.74) is 0.891. The molecule has 0 radical (unpaired) electrons. The number of piperidine rings is 1. The predicted molar refractivity (Wildman–Crippen MR) is 84.5 cm³/mol. The minimum atomic E-state index is -0.0705. The maximum absolute atomic E-state index is 12.0. The van der Waals surface area contributed by atoms with Gasteiger partial charge < -0.3 is 10.6 Å². The molecule has 3 rings (SSSR count). The summed E-state index contributed by atoms with van der Waals surface area (Å²) in [6.07, 6.45) is 1.93. The van der Waals surface area contributed by atoms with Crippen LogP contribution in [0.25, 0.3) is 11.4 Å². The van der Waals surface area contributed by atoms with Gasteiger partial charge in [-0.05, 0) is 31.1 Å². The van der Waals surface area contributed by atoms with Gasteiger partial charge in [0.2, 0.25) is 11.7 Å². The highest BCUT2D eigenvalue weighted by atomic mass is 35.5. The van der Waals surface area contributed by atoms with Crippen LogP contribution in [-0.4, -0.2) is 45.2 Å². The van der Waals surface area contributed by atoms with E-state index >= 15 is 0 Å². The number of hydrogen-bond acceptors (Lipinski definition) is 5. The Morgan fingerprint density at radius 1 is 1.27 bits per heavy atom. The van der Waals surface area contributed by atoms with Gasteiger partial charge in [0, 0.05) is 11.6 Å². The SMILES string of the molecule is Cl.O=C(Cn1nnc(-c2ccccc2)n1)NC1CCNCC1. The standard InChI is InChI=1S/C14H18N6O.ClH/c21-13(16-12-6-8-15-9-7-12)10-20-18-14(17-19-20)11-4-2-1-3-5-11;/h1-5,12,15H,6-10H2,(H,16,21);1H. The van der Waals surface area contributed by atoms with Crippen molar-refractivity contribution in [2.45, 2.75) is 25.4 Å². The lowest BCUT2D eigenvalue weighted by Crippen LogP contribution is -2.44. The first-order valence-corrected chi connectivity index (χ1v) is 7.14. The van der Waals surface area contributed by atoms with E-state index in [0.717, 1.165) is 31.5 Å². The Hall–Kier alpha value is -1.99. The number of rotatable bonds is 4. The molecule has 2 aromatic rings. The van der Waals surface area contributed by atoms with Crippen LogP contribution in [0.15, 0.2) is 30.3 Å². The summed E-state index contributed by atoms with van der Waals surface area (Å²) in [5, 5.41) is 18.4. The second-order valence-electron chi connectivity index (χ2n) is 5.10. The van der Waals surface area contributed by atoms with E-state index in [9.17, 15) is 4.79 Å². The third-order valence-corrected chi connectivity index (χ3v) is 3.47. The van der Waals surface area contributed by atoms with E-state index < -0.39 is 0 Å². The summed E-state index contributed by atoms with van der Waals surface area (Å²) < 4.78 is 0. The largest absolute Gasteiger partial charge is 0.352 e. The number of amides is 1. The van der Waals surface area contributed by atoms with Gasteiger partial charge in [-0.2, -0.15) is 4.80 Å². The molecule has 1 aliphatic rings. The van der Waals surface area contributed by atoms with Crippen LogP contribution in [0.3, 0.4) is 0 Å². The van der Waals surface area contributed by atoms with Crippen molar-refractivity contribution in [1.29, 1.82) is 0 Å². The lowest BCUT2D eigenvalue weighted by molar-refractivity contribution is -0.122. The Balaban J connectivity index is 0.00000176. The van der Waals surface area contributed by atoms with Crippen molar-refractivity contribution in [3.63, 3.8) is 0 Å². The number of aromatic nitrogens is 4. The van der Waals surface area contributed by atoms with Crippen molar-refractivity contribution < 1.29 is 4.79 Å². The summed E-state index contributed by atoms with van der Waals surface area (Å²) in [5.74, 6) is 0.462. The molecule has 1 aromatic heterocycles. The third-order valence-electron chi connectivity index (χ3n) is 3.47. The second-order valence-corrected chi connectivity index (χ2v) is 5.10. The molecule has 1 amide bonds. The average molecular weight is 323 g/mol. The van der Waals surface area contributed by atoms with Crippen molar-refractivity contribution in [3.05, 3.63) is 30.3 Å². The number of carbonyl (C=O) groups excluding carboxylic acids is 1. The Kier molecular flexibility index (Phi) is 5.85.